The number of piperidine rings is 2. The van der Waals surface area contributed by atoms with Crippen molar-refractivity contribution in [3.63, 3.8) is 0 Å². The second kappa shape index (κ2) is 11.3. The fraction of sp³-hybridized carbons (Fsp3) is 0.667. The third kappa shape index (κ3) is 6.42. The van der Waals surface area contributed by atoms with E-state index in [0.29, 0.717) is 10.3 Å². The molecular formula is C30H48N2P2. The number of benzene rings is 2. The minimum atomic E-state index is -0.180. The molecule has 2 nitrogen and oxygen atoms in total. The summed E-state index contributed by atoms with van der Waals surface area (Å²) in [6, 6.07) is 14.1. The molecule has 0 bridgehead atoms. The van der Waals surface area contributed by atoms with Crippen LogP contribution in [0.5, 0.6) is 0 Å². The lowest BCUT2D eigenvalue weighted by Crippen LogP contribution is -2.39. The van der Waals surface area contributed by atoms with Crippen molar-refractivity contribution in [3.05, 3.63) is 47.5 Å². The Kier molecular flexibility index (Phi) is 8.78. The van der Waals surface area contributed by atoms with Crippen LogP contribution in [0.25, 0.3) is 10.8 Å². The van der Waals surface area contributed by atoms with Crippen LogP contribution in [0.4, 0.5) is 0 Å². The van der Waals surface area contributed by atoms with Crippen LogP contribution < -0.4 is 10.6 Å². The van der Waals surface area contributed by atoms with Crippen molar-refractivity contribution in [1.29, 1.82) is 0 Å². The average Bonchev–Trinajstić information content (AvgIpc) is 2.81. The highest BCUT2D eigenvalue weighted by Crippen LogP contribution is 2.62. The van der Waals surface area contributed by atoms with E-state index in [1.54, 1.807) is 11.1 Å². The highest BCUT2D eigenvalue weighted by atomic mass is 31.1. The molecule has 0 aromatic heterocycles. The van der Waals surface area contributed by atoms with E-state index in [4.69, 9.17) is 0 Å². The highest BCUT2D eigenvalue weighted by Gasteiger charge is 2.36. The van der Waals surface area contributed by atoms with E-state index in [1.807, 2.05) is 0 Å². The molecule has 2 aliphatic heterocycles. The molecule has 0 radical (unpaired) electrons. The van der Waals surface area contributed by atoms with Gasteiger partial charge in [0.2, 0.25) is 0 Å². The first kappa shape index (κ1) is 26.5. The summed E-state index contributed by atoms with van der Waals surface area (Å²) in [5.74, 6) is 0. The molecule has 0 aliphatic carbocycles. The molecule has 2 atom stereocenters. The Balaban J connectivity index is 1.74. The van der Waals surface area contributed by atoms with E-state index in [9.17, 15) is 0 Å². The van der Waals surface area contributed by atoms with Crippen molar-refractivity contribution in [3.8, 4) is 0 Å². The Labute approximate surface area is 211 Å². The minimum Gasteiger partial charge on any atom is -0.316 e. The number of hydrogen-bond donors (Lipinski definition) is 2. The Morgan fingerprint density at radius 1 is 0.765 bits per heavy atom. The molecular weight excluding hydrogens is 450 g/mol. The van der Waals surface area contributed by atoms with Gasteiger partial charge in [0.05, 0.1) is 0 Å². The zero-order chi connectivity index (χ0) is 24.3. The standard InChI is InChI=1S/C30H48N2P2/c1-29(2,3)34(30(4,5)6)22-28-24(16-15-23-11-7-8-14-27(23)28)21-33(25-12-9-17-31-19-25)26-13-10-18-32-20-26/h7-8,11,14-16,25-26,31-32H,9-10,12-13,17-22H2,1-6H3. The van der Waals surface area contributed by atoms with E-state index in [0.717, 1.165) is 11.3 Å². The van der Waals surface area contributed by atoms with Gasteiger partial charge in [0.1, 0.15) is 0 Å². The van der Waals surface area contributed by atoms with E-state index in [2.05, 4.69) is 88.6 Å². The molecule has 0 amide bonds. The Hall–Kier alpha value is -0.520. The lowest BCUT2D eigenvalue weighted by atomic mass is 10.0. The van der Waals surface area contributed by atoms with Gasteiger partial charge in [-0.05, 0) is 94.6 Å². The normalized spacial score (nSPS) is 23.4. The van der Waals surface area contributed by atoms with Crippen LogP contribution in [0.2, 0.25) is 0 Å². The van der Waals surface area contributed by atoms with E-state index >= 15 is 0 Å². The molecule has 2 saturated heterocycles. The lowest BCUT2D eigenvalue weighted by Gasteiger charge is -2.43. The van der Waals surface area contributed by atoms with Crippen LogP contribution >= 0.6 is 15.8 Å². The number of rotatable bonds is 6. The first-order valence-corrected chi connectivity index (χ1v) is 16.8. The summed E-state index contributed by atoms with van der Waals surface area (Å²) in [6.45, 7) is 19.8. The molecule has 4 heteroatoms. The van der Waals surface area contributed by atoms with Crippen molar-refractivity contribution in [2.24, 2.45) is 0 Å². The van der Waals surface area contributed by atoms with Gasteiger partial charge >= 0.3 is 0 Å². The second-order valence-electron chi connectivity index (χ2n) is 12.5. The number of nitrogens with one attached hydrogen (secondary N) is 2. The van der Waals surface area contributed by atoms with Gasteiger partial charge in [-0.1, -0.05) is 93.8 Å². The van der Waals surface area contributed by atoms with Gasteiger partial charge in [0.25, 0.3) is 0 Å². The predicted molar refractivity (Wildman–Crippen MR) is 156 cm³/mol. The fourth-order valence-corrected chi connectivity index (χ4v) is 13.5. The second-order valence-corrected chi connectivity index (χ2v) is 19.2. The number of hydrogen-bond acceptors (Lipinski definition) is 2. The summed E-state index contributed by atoms with van der Waals surface area (Å²) < 4.78 is 0. The topological polar surface area (TPSA) is 24.1 Å². The molecule has 2 aromatic carbocycles. The molecule has 2 aliphatic rings. The molecule has 188 valence electrons. The molecule has 4 rings (SSSR count). The van der Waals surface area contributed by atoms with Crippen molar-refractivity contribution < 1.29 is 0 Å². The van der Waals surface area contributed by atoms with Gasteiger partial charge in [-0.3, -0.25) is 0 Å². The summed E-state index contributed by atoms with van der Waals surface area (Å²) >= 11 is 0. The van der Waals surface area contributed by atoms with Crippen LogP contribution in [0.15, 0.2) is 36.4 Å². The average molecular weight is 499 g/mol. The Morgan fingerprint density at radius 3 is 1.88 bits per heavy atom. The van der Waals surface area contributed by atoms with Crippen LogP contribution in [-0.4, -0.2) is 47.8 Å². The Bertz CT molecular complexity index is 899. The Morgan fingerprint density at radius 2 is 1.35 bits per heavy atom. The van der Waals surface area contributed by atoms with Gasteiger partial charge in [0, 0.05) is 13.1 Å². The molecule has 2 N–H and O–H groups in total. The molecule has 0 spiro atoms. The summed E-state index contributed by atoms with van der Waals surface area (Å²) in [4.78, 5) is 0. The first-order chi connectivity index (χ1) is 16.1. The summed E-state index contributed by atoms with van der Waals surface area (Å²) in [6.07, 6.45) is 8.12. The third-order valence-corrected chi connectivity index (χ3v) is 15.2. The maximum Gasteiger partial charge on any atom is 0.00191 e. The molecule has 2 heterocycles. The zero-order valence-corrected chi connectivity index (χ0v) is 24.4. The van der Waals surface area contributed by atoms with Crippen LogP contribution in [0.3, 0.4) is 0 Å². The van der Waals surface area contributed by atoms with E-state index in [-0.39, 0.29) is 15.8 Å². The first-order valence-electron chi connectivity index (χ1n) is 13.6. The maximum atomic E-state index is 3.76. The highest BCUT2D eigenvalue weighted by molar-refractivity contribution is 7.60. The fourth-order valence-electron chi connectivity index (χ4n) is 6.34. The van der Waals surface area contributed by atoms with Gasteiger partial charge < -0.3 is 10.6 Å². The van der Waals surface area contributed by atoms with Crippen molar-refractivity contribution in [2.75, 3.05) is 26.2 Å². The smallest absolute Gasteiger partial charge is 0.00191 e. The van der Waals surface area contributed by atoms with Crippen molar-refractivity contribution in [1.82, 2.24) is 10.6 Å². The monoisotopic (exact) mass is 498 g/mol. The third-order valence-electron chi connectivity index (χ3n) is 7.91. The molecule has 2 aromatic rings. The molecule has 0 saturated carbocycles. The molecule has 34 heavy (non-hydrogen) atoms. The summed E-state index contributed by atoms with van der Waals surface area (Å²) in [5, 5.41) is 11.1. The lowest BCUT2D eigenvalue weighted by molar-refractivity contribution is 0.500. The van der Waals surface area contributed by atoms with Crippen molar-refractivity contribution >= 4 is 26.6 Å². The van der Waals surface area contributed by atoms with Crippen LogP contribution in [0.1, 0.15) is 78.4 Å². The quantitative estimate of drug-likeness (QED) is 0.396. The van der Waals surface area contributed by atoms with Gasteiger partial charge in [-0.15, -0.1) is 0 Å². The van der Waals surface area contributed by atoms with Crippen LogP contribution in [0, 0.1) is 0 Å². The zero-order valence-electron chi connectivity index (χ0n) is 22.6. The van der Waals surface area contributed by atoms with E-state index in [1.165, 1.54) is 75.0 Å². The van der Waals surface area contributed by atoms with Crippen molar-refractivity contribution in [2.45, 2.75) is 101 Å². The maximum absolute atomic E-state index is 3.76. The van der Waals surface area contributed by atoms with Gasteiger partial charge in [0.15, 0.2) is 0 Å². The predicted octanol–water partition coefficient (Wildman–Crippen LogP) is 7.90. The van der Waals surface area contributed by atoms with Gasteiger partial charge in [-0.25, -0.2) is 0 Å². The summed E-state index contributed by atoms with van der Waals surface area (Å²) in [7, 11) is -0.224. The SMILES string of the molecule is CC(C)(C)P(Cc1c(CP(C2CCCNC2)C2CCCNC2)ccc2ccccc12)C(C)(C)C. The molecule has 2 fully saturated rings. The van der Waals surface area contributed by atoms with Crippen LogP contribution in [-0.2, 0) is 12.3 Å². The number of fused-ring (bicyclic) bond motifs is 1. The largest absolute Gasteiger partial charge is 0.316 e. The van der Waals surface area contributed by atoms with Gasteiger partial charge in [-0.2, -0.15) is 0 Å². The molecule has 2 unspecified atom stereocenters. The summed E-state index contributed by atoms with van der Waals surface area (Å²) in [5.41, 5.74) is 5.09. The van der Waals surface area contributed by atoms with E-state index < -0.39 is 0 Å². The minimum absolute atomic E-state index is 0.0438.